The molecule has 1 amide bonds. The summed E-state index contributed by atoms with van der Waals surface area (Å²) in [6.45, 7) is 0. The SMILES string of the molecule is O=C(C[C@@]1(O)CCC(F)(F)C1)N[C@@](Cc1ccccc1)(c1cc(F)cc(OC(F)(F)C(F)F)c1)c1ccc(F)c(C(F)(F)F)c1. The Labute approximate surface area is 248 Å². The van der Waals surface area contributed by atoms with Crippen LogP contribution in [0.15, 0.2) is 66.7 Å². The molecule has 2 atom stereocenters. The molecule has 4 nitrogen and oxygen atoms in total. The molecule has 0 saturated heterocycles. The van der Waals surface area contributed by atoms with Crippen LogP contribution in [0.4, 0.5) is 48.3 Å². The summed E-state index contributed by atoms with van der Waals surface area (Å²) in [4.78, 5) is 13.4. The van der Waals surface area contributed by atoms with Crippen LogP contribution in [0.25, 0.3) is 0 Å². The molecule has 3 aromatic carbocycles. The summed E-state index contributed by atoms with van der Waals surface area (Å²) in [5, 5.41) is 13.0. The maximum absolute atomic E-state index is 14.9. The van der Waals surface area contributed by atoms with Crippen molar-refractivity contribution in [2.24, 2.45) is 0 Å². The van der Waals surface area contributed by atoms with Gasteiger partial charge in [0.1, 0.15) is 17.4 Å². The number of hydrogen-bond donors (Lipinski definition) is 2. The molecule has 15 heteroatoms. The topological polar surface area (TPSA) is 58.6 Å². The van der Waals surface area contributed by atoms with E-state index < -0.39 is 108 Å². The van der Waals surface area contributed by atoms with Crippen molar-refractivity contribution in [2.75, 3.05) is 0 Å². The fraction of sp³-hybridized carbons (Fsp3) is 0.367. The fourth-order valence-electron chi connectivity index (χ4n) is 5.34. The summed E-state index contributed by atoms with van der Waals surface area (Å²) in [7, 11) is 0. The predicted molar refractivity (Wildman–Crippen MR) is 137 cm³/mol. The van der Waals surface area contributed by atoms with E-state index in [1.807, 2.05) is 0 Å². The Balaban J connectivity index is 1.96. The Bertz CT molecular complexity index is 1530. The van der Waals surface area contributed by atoms with Crippen LogP contribution in [0.3, 0.4) is 0 Å². The smallest absolute Gasteiger partial charge is 0.428 e. The van der Waals surface area contributed by atoms with Crippen LogP contribution >= 0.6 is 0 Å². The maximum atomic E-state index is 14.9. The summed E-state index contributed by atoms with van der Waals surface area (Å²) in [5.74, 6) is -8.94. The van der Waals surface area contributed by atoms with E-state index in [1.54, 1.807) is 6.07 Å². The first-order valence-corrected chi connectivity index (χ1v) is 13.2. The minimum atomic E-state index is -5.30. The lowest BCUT2D eigenvalue weighted by Crippen LogP contribution is -2.50. The lowest BCUT2D eigenvalue weighted by Gasteiger charge is -2.38. The first-order chi connectivity index (χ1) is 20.7. The van der Waals surface area contributed by atoms with Gasteiger partial charge in [-0.05, 0) is 47.4 Å². The molecule has 0 radical (unpaired) electrons. The molecule has 0 unspecified atom stereocenters. The highest BCUT2D eigenvalue weighted by Crippen LogP contribution is 2.45. The zero-order chi connectivity index (χ0) is 33.4. The van der Waals surface area contributed by atoms with Gasteiger partial charge in [-0.15, -0.1) is 0 Å². The third-order valence-corrected chi connectivity index (χ3v) is 7.33. The number of carbonyl (C=O) groups is 1. The van der Waals surface area contributed by atoms with Crippen molar-refractivity contribution in [3.63, 3.8) is 0 Å². The lowest BCUT2D eigenvalue weighted by molar-refractivity contribution is -0.253. The van der Waals surface area contributed by atoms with Gasteiger partial charge in [0.05, 0.1) is 23.1 Å². The molecular weight excluding hydrogens is 631 g/mol. The first-order valence-electron chi connectivity index (χ1n) is 13.2. The number of rotatable bonds is 10. The zero-order valence-electron chi connectivity index (χ0n) is 22.9. The van der Waals surface area contributed by atoms with E-state index in [2.05, 4.69) is 10.1 Å². The number of halogens is 11. The van der Waals surface area contributed by atoms with Crippen LogP contribution in [-0.2, 0) is 22.9 Å². The molecule has 0 heterocycles. The average Bonchev–Trinajstić information content (AvgIpc) is 3.19. The largest absolute Gasteiger partial charge is 0.461 e. The number of alkyl halides is 9. The normalized spacial score (nSPS) is 19.8. The third kappa shape index (κ3) is 7.86. The molecule has 244 valence electrons. The van der Waals surface area contributed by atoms with Crippen LogP contribution in [0.5, 0.6) is 5.75 Å². The molecular formula is C30H24F11NO3. The summed E-state index contributed by atoms with van der Waals surface area (Å²) in [6.07, 6.45) is -18.9. The highest BCUT2D eigenvalue weighted by Gasteiger charge is 2.50. The Morgan fingerprint density at radius 3 is 2.16 bits per heavy atom. The van der Waals surface area contributed by atoms with Gasteiger partial charge in [-0.3, -0.25) is 4.79 Å². The molecule has 2 N–H and O–H groups in total. The number of hydrogen-bond acceptors (Lipinski definition) is 3. The van der Waals surface area contributed by atoms with Crippen LogP contribution in [0.2, 0.25) is 0 Å². The highest BCUT2D eigenvalue weighted by molar-refractivity contribution is 5.79. The Kier molecular flexibility index (Phi) is 9.17. The lowest BCUT2D eigenvalue weighted by atomic mass is 9.76. The summed E-state index contributed by atoms with van der Waals surface area (Å²) >= 11 is 0. The third-order valence-electron chi connectivity index (χ3n) is 7.33. The summed E-state index contributed by atoms with van der Waals surface area (Å²) in [6, 6.07) is 10.2. The van der Waals surface area contributed by atoms with Crippen molar-refractivity contribution in [3.8, 4) is 5.75 Å². The quantitative estimate of drug-likeness (QED) is 0.220. The Morgan fingerprint density at radius 1 is 0.911 bits per heavy atom. The minimum Gasteiger partial charge on any atom is -0.428 e. The number of benzene rings is 3. The van der Waals surface area contributed by atoms with Gasteiger partial charge < -0.3 is 15.2 Å². The van der Waals surface area contributed by atoms with Crippen molar-refractivity contribution in [1.29, 1.82) is 0 Å². The van der Waals surface area contributed by atoms with Crippen molar-refractivity contribution >= 4 is 5.91 Å². The van der Waals surface area contributed by atoms with Crippen LogP contribution in [-0.4, -0.2) is 35.1 Å². The average molecular weight is 656 g/mol. The van der Waals surface area contributed by atoms with E-state index in [0.717, 1.165) is 6.07 Å². The van der Waals surface area contributed by atoms with Crippen molar-refractivity contribution < 1.29 is 62.9 Å². The first kappa shape index (κ1) is 34.0. The van der Waals surface area contributed by atoms with Crippen LogP contribution in [0, 0.1) is 11.6 Å². The zero-order valence-corrected chi connectivity index (χ0v) is 22.9. The van der Waals surface area contributed by atoms with Crippen molar-refractivity contribution in [2.45, 2.75) is 67.9 Å². The number of amides is 1. The number of ether oxygens (including phenoxy) is 1. The van der Waals surface area contributed by atoms with Gasteiger partial charge in [0.15, 0.2) is 0 Å². The Morgan fingerprint density at radius 2 is 1.58 bits per heavy atom. The van der Waals surface area contributed by atoms with Crippen molar-refractivity contribution in [3.05, 3.63) is 101 Å². The molecule has 0 bridgehead atoms. The second-order valence-corrected chi connectivity index (χ2v) is 10.9. The molecule has 0 aromatic heterocycles. The van der Waals surface area contributed by atoms with E-state index >= 15 is 0 Å². The molecule has 1 aliphatic rings. The van der Waals surface area contributed by atoms with E-state index in [0.29, 0.717) is 18.2 Å². The van der Waals surface area contributed by atoms with Gasteiger partial charge in [0.25, 0.3) is 5.92 Å². The van der Waals surface area contributed by atoms with E-state index in [9.17, 15) is 58.2 Å². The van der Waals surface area contributed by atoms with Gasteiger partial charge in [0, 0.05) is 25.3 Å². The van der Waals surface area contributed by atoms with E-state index in [1.165, 1.54) is 24.3 Å². The molecule has 0 spiro atoms. The molecule has 1 fully saturated rings. The van der Waals surface area contributed by atoms with Crippen LogP contribution < -0.4 is 10.1 Å². The molecule has 1 aliphatic carbocycles. The molecule has 3 aromatic rings. The summed E-state index contributed by atoms with van der Waals surface area (Å²) < 4.78 is 156. The fourth-order valence-corrected chi connectivity index (χ4v) is 5.34. The van der Waals surface area contributed by atoms with Gasteiger partial charge in [-0.2, -0.15) is 30.7 Å². The number of aliphatic hydroxyl groups is 1. The van der Waals surface area contributed by atoms with Crippen molar-refractivity contribution in [1.82, 2.24) is 5.32 Å². The molecule has 45 heavy (non-hydrogen) atoms. The highest BCUT2D eigenvalue weighted by atomic mass is 19.4. The second kappa shape index (κ2) is 12.1. The predicted octanol–water partition coefficient (Wildman–Crippen LogP) is 7.76. The Hall–Kier alpha value is -3.88. The van der Waals surface area contributed by atoms with Gasteiger partial charge in [-0.1, -0.05) is 36.4 Å². The number of carbonyl (C=O) groups excluding carboxylic acids is 1. The van der Waals surface area contributed by atoms with Gasteiger partial charge >= 0.3 is 18.7 Å². The van der Waals surface area contributed by atoms with Crippen LogP contribution in [0.1, 0.15) is 47.9 Å². The monoisotopic (exact) mass is 655 g/mol. The second-order valence-electron chi connectivity index (χ2n) is 10.9. The number of nitrogens with one attached hydrogen (secondary N) is 1. The van der Waals surface area contributed by atoms with Gasteiger partial charge in [0.2, 0.25) is 5.91 Å². The van der Waals surface area contributed by atoms with E-state index in [4.69, 9.17) is 0 Å². The standard InChI is InChI=1S/C30H24F11NO3/c31-20-10-19(11-21(13-20)45-30(40,41)25(33)34)28(14-17-4-2-1-3-5-17,18-6-7-23(32)22(12-18)29(37,38)39)42-24(43)15-26(44)8-9-27(35,36)16-26/h1-7,10-13,25,44H,8-9,14-16H2,(H,42,43)/t26-,28+/m0/s1. The molecule has 0 aliphatic heterocycles. The van der Waals surface area contributed by atoms with E-state index in [-0.39, 0.29) is 17.7 Å². The van der Waals surface area contributed by atoms with Gasteiger partial charge in [-0.25, -0.2) is 17.6 Å². The summed E-state index contributed by atoms with van der Waals surface area (Å²) in [5.41, 5.74) is -7.52. The maximum Gasteiger partial charge on any atom is 0.461 e. The molecule has 1 saturated carbocycles. The minimum absolute atomic E-state index is 0.228. The molecule has 4 rings (SSSR count).